The maximum Gasteiger partial charge on any atom is 0.347 e. The minimum atomic E-state index is -1.09. The first-order valence-electron chi connectivity index (χ1n) is 15.1. The van der Waals surface area contributed by atoms with Gasteiger partial charge < -0.3 is 33.9 Å². The smallest absolute Gasteiger partial charge is 0.347 e. The molecule has 2 N–H and O–H groups in total. The van der Waals surface area contributed by atoms with Gasteiger partial charge in [0.05, 0.1) is 18.2 Å². The summed E-state index contributed by atoms with van der Waals surface area (Å²) in [6, 6.07) is 15.7. The molecule has 0 amide bonds. The minimum absolute atomic E-state index is 0. The summed E-state index contributed by atoms with van der Waals surface area (Å²) in [5.74, 6) is -1.07. The van der Waals surface area contributed by atoms with E-state index in [4.69, 9.17) is 23.7 Å². The van der Waals surface area contributed by atoms with E-state index in [2.05, 4.69) is 15.0 Å². The quantitative estimate of drug-likeness (QED) is 0.0651. The zero-order valence-electron chi connectivity index (χ0n) is 27.5. The summed E-state index contributed by atoms with van der Waals surface area (Å²) in [5.41, 5.74) is 1.03. The van der Waals surface area contributed by atoms with Crippen molar-refractivity contribution in [1.82, 2.24) is 15.0 Å². The van der Waals surface area contributed by atoms with E-state index in [9.17, 15) is 29.4 Å². The first-order chi connectivity index (χ1) is 23.3. The molecule has 2 unspecified atom stereocenters. The van der Waals surface area contributed by atoms with Crippen molar-refractivity contribution in [3.63, 3.8) is 0 Å². The molecular formula is C47H83N3O11. The molecule has 3 aromatic carbocycles. The second-order valence-electron chi connectivity index (χ2n) is 10.8. The van der Waals surface area contributed by atoms with Crippen LogP contribution >= 0.6 is 0 Å². The number of benzene rings is 3. The number of esters is 2. The Balaban J connectivity index is -0.000000322. The Bertz CT molecular complexity index is 1850. The summed E-state index contributed by atoms with van der Waals surface area (Å²) in [7, 11) is 1.54. The summed E-state index contributed by atoms with van der Waals surface area (Å²) in [6.45, 7) is 5.25. The number of nitrogens with zero attached hydrogens (tertiary/aromatic N) is 3. The number of carbonyl (C=O) groups excluding carboxylic acids is 4. The number of phenolic OH excluding ortho intramolecular Hbond substituents is 2. The molecule has 0 aliphatic carbocycles. The largest absolute Gasteiger partial charge is 0.507 e. The van der Waals surface area contributed by atoms with Crippen molar-refractivity contribution in [2.75, 3.05) is 20.3 Å². The van der Waals surface area contributed by atoms with Gasteiger partial charge in [0.1, 0.15) is 54.2 Å². The number of carbonyl (C=O) groups is 4. The Morgan fingerprint density at radius 1 is 0.557 bits per heavy atom. The number of methoxy groups -OCH3 is 1. The van der Waals surface area contributed by atoms with Crippen LogP contribution < -0.4 is 14.2 Å². The zero-order chi connectivity index (χ0) is 35.7. The Labute approximate surface area is 370 Å². The number of hydrogen-bond donors (Lipinski definition) is 2. The number of aromatic hydroxyl groups is 2. The molecule has 0 saturated carbocycles. The molecule has 0 bridgehead atoms. The molecule has 14 nitrogen and oxygen atoms in total. The minimum Gasteiger partial charge on any atom is -0.507 e. The van der Waals surface area contributed by atoms with Gasteiger partial charge in [-0.1, -0.05) is 89.1 Å². The van der Waals surface area contributed by atoms with Gasteiger partial charge in [0.15, 0.2) is 35.5 Å². The summed E-state index contributed by atoms with van der Waals surface area (Å²) >= 11 is 0. The lowest BCUT2D eigenvalue weighted by Crippen LogP contribution is -2.27. The predicted octanol–water partition coefficient (Wildman–Crippen LogP) is 12.1. The van der Waals surface area contributed by atoms with Crippen LogP contribution in [0.25, 0.3) is 34.2 Å². The molecule has 0 spiro atoms. The molecule has 2 atom stereocenters. The van der Waals surface area contributed by atoms with Gasteiger partial charge in [0.2, 0.25) is 0 Å². The summed E-state index contributed by atoms with van der Waals surface area (Å²) in [6.07, 6.45) is -2.16. The molecular weight excluding hydrogens is 783 g/mol. The molecule has 0 aliphatic heterocycles. The average molecular weight is 866 g/mol. The Morgan fingerprint density at radius 2 is 0.951 bits per heavy atom. The van der Waals surface area contributed by atoms with E-state index in [1.165, 1.54) is 45.0 Å². The predicted molar refractivity (Wildman–Crippen MR) is 255 cm³/mol. The molecule has 0 aliphatic rings. The highest BCUT2D eigenvalue weighted by molar-refractivity contribution is 5.94. The van der Waals surface area contributed by atoms with Gasteiger partial charge in [-0.2, -0.15) is 0 Å². The Kier molecular flexibility index (Phi) is 43.2. The fourth-order valence-corrected chi connectivity index (χ4v) is 4.24. The van der Waals surface area contributed by atoms with E-state index in [0.717, 1.165) is 0 Å². The topological polar surface area (TPSA) is 194 Å². The molecule has 1 aromatic heterocycles. The maximum atomic E-state index is 12.4. The van der Waals surface area contributed by atoms with E-state index in [1.54, 1.807) is 50.4 Å². The van der Waals surface area contributed by atoms with Gasteiger partial charge in [-0.05, 0) is 76.2 Å². The van der Waals surface area contributed by atoms with E-state index in [1.807, 2.05) is 0 Å². The van der Waals surface area contributed by atoms with Crippen molar-refractivity contribution in [2.24, 2.45) is 0 Å². The zero-order valence-corrected chi connectivity index (χ0v) is 27.5. The van der Waals surface area contributed by atoms with Crippen LogP contribution in [-0.4, -0.2) is 81.2 Å². The Hall–Kier alpha value is -6.05. The van der Waals surface area contributed by atoms with Crippen LogP contribution in [0.2, 0.25) is 0 Å². The SMILES string of the molecule is C.C.C.C.C.C.C.C.C.C.C.C.COc1ccc(-c2nc(-c3ccc(OC(C)C(C)=O)cc3O)nc(-c3ccc(OC(C)C(=O)OCCOC(=O)CC(C)=O)cc3O)n2)cc1. The molecule has 0 radical (unpaired) electrons. The number of ether oxygens (including phenoxy) is 5. The summed E-state index contributed by atoms with van der Waals surface area (Å²) in [4.78, 5) is 60.1. The molecule has 0 fully saturated rings. The first kappa shape index (κ1) is 75.7. The van der Waals surface area contributed by atoms with Crippen LogP contribution in [0.4, 0.5) is 0 Å². The molecule has 352 valence electrons. The van der Waals surface area contributed by atoms with Gasteiger partial charge in [0.25, 0.3) is 0 Å². The highest BCUT2D eigenvalue weighted by atomic mass is 16.6. The third-order valence-electron chi connectivity index (χ3n) is 6.92. The van der Waals surface area contributed by atoms with Crippen LogP contribution in [0.3, 0.4) is 0 Å². The standard InChI is InChI=1S/C35H35N3O11.12CH4/c1-19(39)16-31(43)46-14-15-47-35(44)22(4)49-26-11-13-28(30(42)18-26)34-37-32(23-6-8-24(45-5)9-7-23)36-33(38-34)27-12-10-25(17-29(27)41)48-21(3)20(2)40;;;;;;;;;;;;/h6-13,17-18,21-22,41-42H,14-16H2,1-5H3;12*1H4. The molecule has 14 heteroatoms. The lowest BCUT2D eigenvalue weighted by atomic mass is 10.1. The van der Waals surface area contributed by atoms with Crippen molar-refractivity contribution in [1.29, 1.82) is 0 Å². The number of ketones is 2. The third-order valence-corrected chi connectivity index (χ3v) is 6.92. The number of hydrogen-bond acceptors (Lipinski definition) is 14. The van der Waals surface area contributed by atoms with Crippen molar-refractivity contribution in [3.05, 3.63) is 60.7 Å². The van der Waals surface area contributed by atoms with Crippen LogP contribution in [0.5, 0.6) is 28.7 Å². The lowest BCUT2D eigenvalue weighted by Gasteiger charge is -2.15. The molecule has 0 saturated heterocycles. The summed E-state index contributed by atoms with van der Waals surface area (Å²) in [5, 5.41) is 21.9. The van der Waals surface area contributed by atoms with E-state index < -0.39 is 24.1 Å². The summed E-state index contributed by atoms with van der Waals surface area (Å²) < 4.78 is 26.4. The second-order valence-corrected chi connectivity index (χ2v) is 10.8. The molecule has 61 heavy (non-hydrogen) atoms. The number of Topliss-reactive ketones (excluding diaryl/α,β-unsaturated/α-hetero) is 2. The highest BCUT2D eigenvalue weighted by Crippen LogP contribution is 2.36. The number of phenols is 2. The molecule has 4 aromatic rings. The highest BCUT2D eigenvalue weighted by Gasteiger charge is 2.21. The van der Waals surface area contributed by atoms with Crippen LogP contribution in [-0.2, 0) is 28.7 Å². The van der Waals surface area contributed by atoms with Gasteiger partial charge >= 0.3 is 11.9 Å². The Morgan fingerprint density at radius 3 is 1.34 bits per heavy atom. The van der Waals surface area contributed by atoms with Crippen molar-refractivity contribution < 1.29 is 53.1 Å². The number of rotatable bonds is 15. The maximum absolute atomic E-state index is 12.4. The monoisotopic (exact) mass is 866 g/mol. The van der Waals surface area contributed by atoms with Crippen molar-refractivity contribution >= 4 is 23.5 Å². The van der Waals surface area contributed by atoms with Gasteiger partial charge in [0, 0.05) is 17.7 Å². The van der Waals surface area contributed by atoms with Crippen LogP contribution in [0, 0.1) is 0 Å². The average Bonchev–Trinajstić information content (AvgIpc) is 3.06. The lowest BCUT2D eigenvalue weighted by molar-refractivity contribution is -0.157. The fraction of sp³-hybridized carbons (Fsp3) is 0.468. The molecule has 1 heterocycles. The normalized spacial score (nSPS) is 9.59. The fourth-order valence-electron chi connectivity index (χ4n) is 4.24. The number of aromatic nitrogens is 3. The van der Waals surface area contributed by atoms with Gasteiger partial charge in [-0.3, -0.25) is 14.4 Å². The third kappa shape index (κ3) is 21.2. The van der Waals surface area contributed by atoms with Crippen molar-refractivity contribution in [2.45, 2.75) is 135 Å². The van der Waals surface area contributed by atoms with E-state index >= 15 is 0 Å². The van der Waals surface area contributed by atoms with Gasteiger partial charge in [-0.15, -0.1) is 0 Å². The van der Waals surface area contributed by atoms with Gasteiger partial charge in [-0.25, -0.2) is 19.7 Å². The van der Waals surface area contributed by atoms with Crippen LogP contribution in [0.1, 0.15) is 123 Å². The second kappa shape index (κ2) is 34.8. The first-order valence-corrected chi connectivity index (χ1v) is 15.1. The molecule has 4 rings (SSSR count). The van der Waals surface area contributed by atoms with Crippen LogP contribution in [0.15, 0.2) is 60.7 Å². The van der Waals surface area contributed by atoms with Crippen molar-refractivity contribution in [3.8, 4) is 62.9 Å². The van der Waals surface area contributed by atoms with E-state index in [-0.39, 0.29) is 172 Å². The van der Waals surface area contributed by atoms with E-state index in [0.29, 0.717) is 11.3 Å².